The van der Waals surface area contributed by atoms with Crippen molar-refractivity contribution in [3.63, 3.8) is 0 Å². The van der Waals surface area contributed by atoms with Crippen LogP contribution < -0.4 is 9.64 Å². The molecule has 2 aromatic carbocycles. The number of hydrogen-bond acceptors (Lipinski definition) is 6. The monoisotopic (exact) mass is 459 g/mol. The zero-order valence-corrected chi connectivity index (χ0v) is 18.7. The second-order valence-corrected chi connectivity index (χ2v) is 8.70. The van der Waals surface area contributed by atoms with E-state index < -0.39 is 5.85 Å². The molecule has 1 heterocycles. The second kappa shape index (κ2) is 9.95. The highest BCUT2D eigenvalue weighted by molar-refractivity contribution is 7.17. The van der Waals surface area contributed by atoms with Crippen molar-refractivity contribution < 1.29 is 18.3 Å². The van der Waals surface area contributed by atoms with Crippen molar-refractivity contribution in [1.82, 2.24) is 4.98 Å². The molecule has 3 rings (SSSR count). The first-order chi connectivity index (χ1) is 14.8. The lowest BCUT2D eigenvalue weighted by atomic mass is 10.1. The quantitative estimate of drug-likeness (QED) is 0.326. The number of aldehydes is 1. The zero-order chi connectivity index (χ0) is 22.4. The van der Waals surface area contributed by atoms with E-state index in [2.05, 4.69) is 20.7 Å². The van der Waals surface area contributed by atoms with Crippen LogP contribution >= 0.6 is 20.6 Å². The number of hydrogen-bond donors (Lipinski definition) is 0. The van der Waals surface area contributed by atoms with Crippen LogP contribution in [-0.4, -0.2) is 23.7 Å². The molecule has 0 radical (unpaired) electrons. The number of anilines is 1. The van der Waals surface area contributed by atoms with E-state index in [0.717, 1.165) is 27.4 Å². The Bertz CT molecular complexity index is 1070. The first-order valence-corrected chi connectivity index (χ1v) is 10.8. The molecule has 0 saturated carbocycles. The van der Waals surface area contributed by atoms with Crippen LogP contribution in [-0.2, 0) is 13.0 Å². The van der Waals surface area contributed by atoms with Crippen molar-refractivity contribution in [1.29, 1.82) is 5.26 Å². The number of ether oxygens (including phenoxy) is 1. The predicted molar refractivity (Wildman–Crippen MR) is 120 cm³/mol. The van der Waals surface area contributed by atoms with Gasteiger partial charge >= 0.3 is 5.85 Å². The Hall–Kier alpha value is -2.88. The van der Waals surface area contributed by atoms with E-state index in [0.29, 0.717) is 30.8 Å². The number of thiazole rings is 1. The number of alkyl halides is 2. The summed E-state index contributed by atoms with van der Waals surface area (Å²) >= 11 is 1.44. The third kappa shape index (κ3) is 6.55. The minimum absolute atomic E-state index is 0.0874. The SMILES string of the molecule is Cc1sc(N(CCc2ccc(OC(F)(F)P)cc2)Cc2ccc(C#N)cc2)nc1C=O. The van der Waals surface area contributed by atoms with E-state index in [-0.39, 0.29) is 5.75 Å². The zero-order valence-electron chi connectivity index (χ0n) is 16.7. The lowest BCUT2D eigenvalue weighted by Gasteiger charge is -2.22. The third-order valence-corrected chi connectivity index (χ3v) is 5.67. The van der Waals surface area contributed by atoms with Crippen molar-refractivity contribution >= 4 is 32.0 Å². The summed E-state index contributed by atoms with van der Waals surface area (Å²) in [5.74, 6) is -3.22. The normalized spacial score (nSPS) is 11.1. The molecule has 1 atom stereocenters. The molecule has 9 heteroatoms. The molecule has 0 fully saturated rings. The molecule has 1 unspecified atom stereocenters. The lowest BCUT2D eigenvalue weighted by molar-refractivity contribution is -0.0892. The summed E-state index contributed by atoms with van der Waals surface area (Å²) in [7, 11) is 1.35. The maximum atomic E-state index is 13.0. The third-order valence-electron chi connectivity index (χ3n) is 4.51. The van der Waals surface area contributed by atoms with Gasteiger partial charge in [0, 0.05) is 18.0 Å². The fourth-order valence-electron chi connectivity index (χ4n) is 2.93. The number of nitrogens with zero attached hydrogens (tertiary/aromatic N) is 3. The van der Waals surface area contributed by atoms with Gasteiger partial charge in [-0.15, -0.1) is 11.3 Å². The molecule has 0 spiro atoms. The average Bonchev–Trinajstić information content (AvgIpc) is 3.12. The Balaban J connectivity index is 1.75. The molecule has 0 saturated heterocycles. The van der Waals surface area contributed by atoms with E-state index in [9.17, 15) is 13.6 Å². The van der Waals surface area contributed by atoms with Gasteiger partial charge in [-0.25, -0.2) is 4.98 Å². The van der Waals surface area contributed by atoms with Crippen LogP contribution in [0.2, 0.25) is 0 Å². The molecule has 0 N–H and O–H groups in total. The molecule has 0 aliphatic heterocycles. The molecule has 0 amide bonds. The van der Waals surface area contributed by atoms with Gasteiger partial charge in [0.05, 0.1) is 11.6 Å². The van der Waals surface area contributed by atoms with Crippen molar-refractivity contribution in [2.75, 3.05) is 11.4 Å². The number of carbonyl (C=O) groups excluding carboxylic acids is 1. The largest absolute Gasteiger partial charge is 0.430 e. The molecule has 1 aromatic heterocycles. The minimum Gasteiger partial charge on any atom is -0.430 e. The summed E-state index contributed by atoms with van der Waals surface area (Å²) in [6, 6.07) is 15.9. The van der Waals surface area contributed by atoms with Gasteiger partial charge in [0.2, 0.25) is 0 Å². The number of benzene rings is 2. The fraction of sp³-hybridized carbons (Fsp3) is 0.227. The van der Waals surface area contributed by atoms with Gasteiger partial charge in [0.15, 0.2) is 11.4 Å². The van der Waals surface area contributed by atoms with Crippen LogP contribution in [0.5, 0.6) is 5.75 Å². The Morgan fingerprint density at radius 1 is 1.19 bits per heavy atom. The second-order valence-electron chi connectivity index (χ2n) is 6.84. The molecule has 160 valence electrons. The Kier molecular flexibility index (Phi) is 7.32. The van der Waals surface area contributed by atoms with Gasteiger partial charge in [0.25, 0.3) is 0 Å². The van der Waals surface area contributed by atoms with Gasteiger partial charge in [-0.1, -0.05) is 24.3 Å². The predicted octanol–water partition coefficient (Wildman–Crippen LogP) is 5.19. The smallest absolute Gasteiger partial charge is 0.408 e. The van der Waals surface area contributed by atoms with E-state index >= 15 is 0 Å². The van der Waals surface area contributed by atoms with E-state index in [1.165, 1.54) is 32.7 Å². The molecular weight excluding hydrogens is 439 g/mol. The van der Waals surface area contributed by atoms with E-state index in [1.54, 1.807) is 24.3 Å². The molecule has 31 heavy (non-hydrogen) atoms. The molecular formula is C22H20F2N3O2PS. The highest BCUT2D eigenvalue weighted by Gasteiger charge is 2.23. The standard InChI is InChI=1S/C22H20F2N3O2PS/c1-15-20(14-28)26-21(31-15)27(13-18-4-2-17(12-25)3-5-18)11-10-16-6-8-19(9-7-16)29-22(23,24)30/h2-9,14H,10-11,13,30H2,1H3. The van der Waals surface area contributed by atoms with Crippen molar-refractivity contribution in [3.8, 4) is 11.8 Å². The summed E-state index contributed by atoms with van der Waals surface area (Å²) in [6.07, 6.45) is 1.39. The van der Waals surface area contributed by atoms with Crippen LogP contribution in [0.25, 0.3) is 0 Å². The highest BCUT2D eigenvalue weighted by atomic mass is 32.1. The first-order valence-electron chi connectivity index (χ1n) is 9.38. The van der Waals surface area contributed by atoms with Crippen molar-refractivity contribution in [3.05, 3.63) is 75.8 Å². The minimum atomic E-state index is -3.31. The molecule has 3 aromatic rings. The molecule has 0 aliphatic carbocycles. The van der Waals surface area contributed by atoms with Gasteiger partial charge in [-0.3, -0.25) is 4.79 Å². The number of aromatic nitrogens is 1. The summed E-state index contributed by atoms with van der Waals surface area (Å²) in [5, 5.41) is 9.72. The summed E-state index contributed by atoms with van der Waals surface area (Å²) < 4.78 is 30.4. The van der Waals surface area contributed by atoms with Gasteiger partial charge in [-0.2, -0.15) is 14.0 Å². The van der Waals surface area contributed by atoms with Crippen LogP contribution in [0.4, 0.5) is 13.9 Å². The number of nitriles is 1. The highest BCUT2D eigenvalue weighted by Crippen LogP contribution is 2.28. The van der Waals surface area contributed by atoms with Crippen LogP contribution in [0.3, 0.4) is 0 Å². The van der Waals surface area contributed by atoms with Crippen LogP contribution in [0.15, 0.2) is 48.5 Å². The number of aryl methyl sites for hydroxylation is 1. The van der Waals surface area contributed by atoms with Crippen LogP contribution in [0, 0.1) is 18.3 Å². The fourth-order valence-corrected chi connectivity index (χ4v) is 3.97. The lowest BCUT2D eigenvalue weighted by Crippen LogP contribution is -2.25. The van der Waals surface area contributed by atoms with Crippen molar-refractivity contribution in [2.24, 2.45) is 0 Å². The maximum Gasteiger partial charge on any atom is 0.408 e. The van der Waals surface area contributed by atoms with Crippen LogP contribution in [0.1, 0.15) is 32.1 Å². The van der Waals surface area contributed by atoms with Gasteiger partial charge in [-0.05, 0) is 58.0 Å². The first kappa shape index (κ1) is 22.8. The summed E-state index contributed by atoms with van der Waals surface area (Å²) in [4.78, 5) is 18.6. The summed E-state index contributed by atoms with van der Waals surface area (Å²) in [6.45, 7) is 3.01. The topological polar surface area (TPSA) is 66.2 Å². The number of carbonyl (C=O) groups is 1. The van der Waals surface area contributed by atoms with E-state index in [1.807, 2.05) is 19.1 Å². The average molecular weight is 459 g/mol. The van der Waals surface area contributed by atoms with Gasteiger partial charge in [0.1, 0.15) is 11.4 Å². The summed E-state index contributed by atoms with van der Waals surface area (Å²) in [5.41, 5.74) is 2.96. The Labute approximate surface area is 185 Å². The van der Waals surface area contributed by atoms with Crippen molar-refractivity contribution in [2.45, 2.75) is 25.7 Å². The van der Waals surface area contributed by atoms with E-state index in [4.69, 9.17) is 5.26 Å². The number of halogens is 2. The Morgan fingerprint density at radius 2 is 1.84 bits per heavy atom. The maximum absolute atomic E-state index is 13.0. The Morgan fingerprint density at radius 3 is 2.39 bits per heavy atom. The molecule has 0 aliphatic rings. The van der Waals surface area contributed by atoms with Gasteiger partial charge < -0.3 is 9.64 Å². The molecule has 5 nitrogen and oxygen atoms in total. The number of rotatable bonds is 9. The molecule has 0 bridgehead atoms.